The molecule has 0 bridgehead atoms. The molecule has 3 atom stereocenters. The summed E-state index contributed by atoms with van der Waals surface area (Å²) >= 11 is -0.588. The van der Waals surface area contributed by atoms with Gasteiger partial charge >= 0.3 is 89.4 Å². The van der Waals surface area contributed by atoms with Crippen molar-refractivity contribution < 1.29 is 142 Å². The van der Waals surface area contributed by atoms with Gasteiger partial charge in [-0.1, -0.05) is 46.0 Å². The van der Waals surface area contributed by atoms with Crippen molar-refractivity contribution >= 4 is 24.0 Å². The van der Waals surface area contributed by atoms with Gasteiger partial charge in [0, 0.05) is 18.5 Å². The quantitative estimate of drug-likeness (QED) is 0.0243. The SMILES string of the molecule is CCCCCCCCOC(=O)CC(SOO[O-])C(=O)OC(CCC(F)(F)C(F)(F)C(F)(F)C(F)(F)F)C(C)C(F)(F)C(F)(F)C(F)(F)C(F)(F)F.[Na+]. The predicted octanol–water partition coefficient (Wildman–Crippen LogP) is 5.79. The van der Waals surface area contributed by atoms with Crippen molar-refractivity contribution in [3.8, 4) is 0 Å². The van der Waals surface area contributed by atoms with Crippen LogP contribution in [0.1, 0.15) is 71.6 Å². The molecule has 52 heavy (non-hydrogen) atoms. The molecule has 3 unspecified atom stereocenters. The fourth-order valence-electron chi connectivity index (χ4n) is 3.93. The van der Waals surface area contributed by atoms with Gasteiger partial charge in [0.25, 0.3) is 0 Å². The molecule has 0 aromatic carbocycles. The van der Waals surface area contributed by atoms with E-state index in [1.165, 1.54) is 0 Å². The molecule has 0 N–H and O–H groups in total. The first-order valence-corrected chi connectivity index (χ1v) is 15.0. The van der Waals surface area contributed by atoms with Gasteiger partial charge in [0.1, 0.15) is 11.4 Å². The Balaban J connectivity index is 0. The molecule has 27 heteroatoms. The van der Waals surface area contributed by atoms with Gasteiger partial charge < -0.3 is 14.7 Å². The van der Waals surface area contributed by atoms with E-state index >= 15 is 0 Å². The van der Waals surface area contributed by atoms with Crippen molar-refractivity contribution in [3.05, 3.63) is 0 Å². The summed E-state index contributed by atoms with van der Waals surface area (Å²) in [5.41, 5.74) is 0. The topological polar surface area (TPSA) is 94.1 Å². The van der Waals surface area contributed by atoms with Crippen LogP contribution in [0.5, 0.6) is 0 Å². The molecular formula is C25H29F18NaO7S. The van der Waals surface area contributed by atoms with Crippen molar-refractivity contribution in [2.45, 2.75) is 131 Å². The minimum Gasteiger partial charge on any atom is -0.691 e. The molecule has 0 fully saturated rings. The molecule has 0 spiro atoms. The number of carbonyl (C=O) groups excluding carboxylic acids is 2. The molecule has 0 aliphatic heterocycles. The van der Waals surface area contributed by atoms with Crippen LogP contribution >= 0.6 is 12.0 Å². The summed E-state index contributed by atoms with van der Waals surface area (Å²) in [5.74, 6) is -51.7. The summed E-state index contributed by atoms with van der Waals surface area (Å²) in [6.07, 6.45) is -21.9. The molecule has 0 amide bonds. The summed E-state index contributed by atoms with van der Waals surface area (Å²) in [6, 6.07) is 0. The maximum atomic E-state index is 14.7. The van der Waals surface area contributed by atoms with E-state index in [-0.39, 0.29) is 42.6 Å². The monoisotopic (exact) mass is 838 g/mol. The molecule has 0 aromatic heterocycles. The van der Waals surface area contributed by atoms with Gasteiger partial charge in [-0.15, -0.1) is 0 Å². The zero-order chi connectivity index (χ0) is 40.5. The molecule has 304 valence electrons. The fourth-order valence-corrected chi connectivity index (χ4v) is 4.39. The van der Waals surface area contributed by atoms with E-state index in [4.69, 9.17) is 4.74 Å². The normalized spacial score (nSPS) is 15.8. The van der Waals surface area contributed by atoms with E-state index in [1.807, 2.05) is 6.92 Å². The Hall–Kier alpha value is -1.09. The number of rotatable bonds is 23. The van der Waals surface area contributed by atoms with Crippen LogP contribution in [-0.4, -0.2) is 77.8 Å². The van der Waals surface area contributed by atoms with E-state index in [1.54, 1.807) is 0 Å². The number of hydrogen-bond donors (Lipinski definition) is 0. The zero-order valence-corrected chi connectivity index (χ0v) is 29.7. The Morgan fingerprint density at radius 3 is 1.62 bits per heavy atom. The first kappa shape index (κ1) is 53.0. The van der Waals surface area contributed by atoms with E-state index in [0.29, 0.717) is 12.8 Å². The molecule has 0 heterocycles. The van der Waals surface area contributed by atoms with Gasteiger partial charge in [0.15, 0.2) is 0 Å². The third-order valence-electron chi connectivity index (χ3n) is 7.08. The molecule has 0 rings (SSSR count). The summed E-state index contributed by atoms with van der Waals surface area (Å²) in [4.78, 5) is 24.8. The van der Waals surface area contributed by atoms with Crippen LogP contribution in [0.2, 0.25) is 0 Å². The van der Waals surface area contributed by atoms with E-state index in [9.17, 15) is 93.9 Å². The molecule has 0 saturated heterocycles. The summed E-state index contributed by atoms with van der Waals surface area (Å²) in [5, 5.41) is 10.6. The Morgan fingerprint density at radius 1 is 0.692 bits per heavy atom. The van der Waals surface area contributed by atoms with Crippen molar-refractivity contribution in [2.75, 3.05) is 6.61 Å². The molecule has 0 aliphatic carbocycles. The van der Waals surface area contributed by atoms with Gasteiger partial charge in [-0.25, -0.2) is 0 Å². The molecular weight excluding hydrogens is 809 g/mol. The van der Waals surface area contributed by atoms with Gasteiger partial charge in [-0.3, -0.25) is 14.6 Å². The average Bonchev–Trinajstić information content (AvgIpc) is 2.98. The van der Waals surface area contributed by atoms with Crippen LogP contribution in [0.25, 0.3) is 0 Å². The summed E-state index contributed by atoms with van der Waals surface area (Å²) < 4.78 is 255. The molecule has 0 saturated carbocycles. The third kappa shape index (κ3) is 12.7. The largest absolute Gasteiger partial charge is 1.00 e. The summed E-state index contributed by atoms with van der Waals surface area (Å²) in [6.45, 7) is 1.07. The fraction of sp³-hybridized carbons (Fsp3) is 0.920. The second-order valence-corrected chi connectivity index (χ2v) is 11.7. The van der Waals surface area contributed by atoms with E-state index in [2.05, 4.69) is 14.1 Å². The van der Waals surface area contributed by atoms with Crippen LogP contribution in [0.3, 0.4) is 0 Å². The molecule has 0 radical (unpaired) electrons. The Bertz CT molecular complexity index is 1110. The van der Waals surface area contributed by atoms with Crippen LogP contribution in [-0.2, 0) is 28.4 Å². The molecule has 0 aromatic rings. The van der Waals surface area contributed by atoms with Crippen molar-refractivity contribution in [2.24, 2.45) is 5.92 Å². The minimum atomic E-state index is -7.66. The van der Waals surface area contributed by atoms with Gasteiger partial charge in [0.2, 0.25) is 0 Å². The standard InChI is InChI=1S/C25H30F18O7S.Na/c1-3-4-5-6-7-8-11-47-16(44)12-15(51-50-49-46)17(45)48-14(9-10-18(26,27)20(30,31)22(34,35)24(38,39)40)13(2)19(28,29)21(32,33)23(36,37)25(41,42)43;/h13-15,46H,3-12H2,1-2H3;/q;+1/p-1. The summed E-state index contributed by atoms with van der Waals surface area (Å²) in [7, 11) is 0. The van der Waals surface area contributed by atoms with Crippen molar-refractivity contribution in [1.29, 1.82) is 0 Å². The first-order valence-electron chi connectivity index (χ1n) is 14.2. The second kappa shape index (κ2) is 20.2. The Kier molecular flexibility index (Phi) is 20.6. The van der Waals surface area contributed by atoms with Crippen LogP contribution in [0, 0.1) is 5.92 Å². The molecule has 0 aliphatic rings. The van der Waals surface area contributed by atoms with E-state index in [0.717, 1.165) is 19.3 Å². The zero-order valence-electron chi connectivity index (χ0n) is 26.9. The van der Waals surface area contributed by atoms with Gasteiger partial charge in [-0.2, -0.15) is 83.4 Å². The van der Waals surface area contributed by atoms with Crippen LogP contribution in [0.4, 0.5) is 79.0 Å². The maximum Gasteiger partial charge on any atom is 1.00 e. The maximum absolute atomic E-state index is 14.7. The van der Waals surface area contributed by atoms with Crippen LogP contribution in [0.15, 0.2) is 0 Å². The number of hydrogen-bond acceptors (Lipinski definition) is 8. The van der Waals surface area contributed by atoms with Gasteiger partial charge in [-0.05, 0) is 12.8 Å². The Labute approximate surface area is 309 Å². The third-order valence-corrected chi connectivity index (χ3v) is 7.80. The Morgan fingerprint density at radius 2 is 1.15 bits per heavy atom. The number of esters is 2. The second-order valence-electron chi connectivity index (χ2n) is 10.8. The number of alkyl halides is 18. The average molecular weight is 839 g/mol. The van der Waals surface area contributed by atoms with Crippen molar-refractivity contribution in [1.82, 2.24) is 0 Å². The smallest absolute Gasteiger partial charge is 0.691 e. The number of carbonyl (C=O) groups is 2. The molecule has 7 nitrogen and oxygen atoms in total. The predicted molar refractivity (Wildman–Crippen MR) is 133 cm³/mol. The minimum absolute atomic E-state index is 0. The van der Waals surface area contributed by atoms with Gasteiger partial charge in [0.05, 0.1) is 18.9 Å². The van der Waals surface area contributed by atoms with E-state index < -0.39 is 115 Å². The first-order chi connectivity index (χ1) is 22.8. The number of ether oxygens (including phenoxy) is 2. The number of halogens is 18. The van der Waals surface area contributed by atoms with Crippen LogP contribution < -0.4 is 34.8 Å². The van der Waals surface area contributed by atoms with Crippen molar-refractivity contribution in [3.63, 3.8) is 0 Å². The number of unbranched alkanes of at least 4 members (excludes halogenated alkanes) is 5.